The van der Waals surface area contributed by atoms with Crippen LogP contribution in [-0.4, -0.2) is 17.1 Å². The van der Waals surface area contributed by atoms with Crippen LogP contribution in [0.15, 0.2) is 10.8 Å². The lowest BCUT2D eigenvalue weighted by atomic mass is 10.1. The first-order valence-corrected chi connectivity index (χ1v) is 5.98. The molecule has 0 bridgehead atoms. The van der Waals surface area contributed by atoms with E-state index in [0.29, 0.717) is 12.1 Å². The van der Waals surface area contributed by atoms with Crippen LogP contribution in [0.4, 0.5) is 0 Å². The van der Waals surface area contributed by atoms with Gasteiger partial charge < -0.3 is 14.5 Å². The predicted octanol–water partition coefficient (Wildman–Crippen LogP) is 2.41. The zero-order chi connectivity index (χ0) is 11.5. The van der Waals surface area contributed by atoms with Crippen molar-refractivity contribution in [3.05, 3.63) is 17.8 Å². The van der Waals surface area contributed by atoms with E-state index in [2.05, 4.69) is 31.1 Å². The third-order valence-corrected chi connectivity index (χ3v) is 2.87. The van der Waals surface area contributed by atoms with E-state index in [1.165, 1.54) is 6.39 Å². The molecule has 1 aliphatic rings. The maximum Gasteiger partial charge on any atom is 0.181 e. The average molecular weight is 224 g/mol. The smallest absolute Gasteiger partial charge is 0.181 e. The molecule has 2 rings (SSSR count). The highest BCUT2D eigenvalue weighted by Gasteiger charge is 2.28. The van der Waals surface area contributed by atoms with Crippen LogP contribution in [-0.2, 0) is 11.3 Å². The Morgan fingerprint density at radius 1 is 1.50 bits per heavy atom. The molecule has 2 heterocycles. The highest BCUT2D eigenvalue weighted by atomic mass is 16.5. The fraction of sp³-hybridized carbons (Fsp3) is 0.750. The van der Waals surface area contributed by atoms with Gasteiger partial charge in [0, 0.05) is 12.6 Å². The van der Waals surface area contributed by atoms with Crippen molar-refractivity contribution >= 4 is 0 Å². The van der Waals surface area contributed by atoms with Crippen LogP contribution in [0.3, 0.4) is 0 Å². The van der Waals surface area contributed by atoms with Crippen LogP contribution in [0, 0.1) is 0 Å². The largest absolute Gasteiger partial charge is 0.445 e. The topological polar surface area (TPSA) is 47.3 Å². The van der Waals surface area contributed by atoms with Gasteiger partial charge in [-0.3, -0.25) is 0 Å². The Balaban J connectivity index is 2.01. The van der Waals surface area contributed by atoms with E-state index < -0.39 is 0 Å². The van der Waals surface area contributed by atoms with Gasteiger partial charge in [0.15, 0.2) is 12.2 Å². The molecule has 0 amide bonds. The maximum absolute atomic E-state index is 5.79. The number of ether oxygens (including phenoxy) is 1. The number of nitrogens with one attached hydrogen (secondary N) is 1. The maximum atomic E-state index is 5.79. The Morgan fingerprint density at radius 2 is 2.31 bits per heavy atom. The quantitative estimate of drug-likeness (QED) is 0.853. The summed E-state index contributed by atoms with van der Waals surface area (Å²) >= 11 is 0. The molecule has 2 atom stereocenters. The summed E-state index contributed by atoms with van der Waals surface area (Å²) in [7, 11) is 0. The molecule has 16 heavy (non-hydrogen) atoms. The Kier molecular flexibility index (Phi) is 3.61. The molecule has 1 aromatic heterocycles. The van der Waals surface area contributed by atoms with Crippen molar-refractivity contribution in [3.8, 4) is 0 Å². The molecule has 2 unspecified atom stereocenters. The highest BCUT2D eigenvalue weighted by Crippen LogP contribution is 2.33. The Bertz CT molecular complexity index is 336. The van der Waals surface area contributed by atoms with Crippen LogP contribution < -0.4 is 5.32 Å². The third kappa shape index (κ3) is 2.62. The molecule has 1 fully saturated rings. The van der Waals surface area contributed by atoms with Crippen molar-refractivity contribution in [2.45, 2.75) is 58.4 Å². The second kappa shape index (κ2) is 4.97. The first-order chi connectivity index (χ1) is 7.66. The Labute approximate surface area is 96.4 Å². The molecule has 4 nitrogen and oxygen atoms in total. The summed E-state index contributed by atoms with van der Waals surface area (Å²) in [6.07, 6.45) is 4.08. The second-order valence-corrected chi connectivity index (χ2v) is 4.71. The fourth-order valence-electron chi connectivity index (χ4n) is 1.97. The van der Waals surface area contributed by atoms with Crippen LogP contribution in [0.5, 0.6) is 0 Å². The van der Waals surface area contributed by atoms with Crippen LogP contribution >= 0.6 is 0 Å². The van der Waals surface area contributed by atoms with E-state index in [0.717, 1.165) is 30.8 Å². The summed E-state index contributed by atoms with van der Waals surface area (Å²) in [4.78, 5) is 4.25. The number of hydrogen-bond acceptors (Lipinski definition) is 4. The van der Waals surface area contributed by atoms with Gasteiger partial charge in [0.05, 0.1) is 11.8 Å². The van der Waals surface area contributed by atoms with Gasteiger partial charge in [-0.1, -0.05) is 13.8 Å². The highest BCUT2D eigenvalue weighted by molar-refractivity contribution is 5.11. The number of rotatable bonds is 4. The minimum Gasteiger partial charge on any atom is -0.445 e. The molecular formula is C12H20N2O2. The third-order valence-electron chi connectivity index (χ3n) is 2.87. The van der Waals surface area contributed by atoms with E-state index >= 15 is 0 Å². The molecule has 1 aromatic rings. The minimum absolute atomic E-state index is 0.0986. The van der Waals surface area contributed by atoms with Gasteiger partial charge in [0.2, 0.25) is 0 Å². The van der Waals surface area contributed by atoms with E-state index in [-0.39, 0.29) is 6.10 Å². The lowest BCUT2D eigenvalue weighted by Gasteiger charge is -2.11. The SMILES string of the molecule is CC(C)NCc1ncoc1C1CCC(C)O1. The van der Waals surface area contributed by atoms with Gasteiger partial charge in [-0.25, -0.2) is 4.98 Å². The molecule has 0 saturated carbocycles. The van der Waals surface area contributed by atoms with E-state index in [1.807, 2.05) is 0 Å². The molecule has 1 aliphatic heterocycles. The molecule has 0 radical (unpaired) electrons. The first kappa shape index (κ1) is 11.6. The Hall–Kier alpha value is -0.870. The Morgan fingerprint density at radius 3 is 2.94 bits per heavy atom. The van der Waals surface area contributed by atoms with Gasteiger partial charge >= 0.3 is 0 Å². The summed E-state index contributed by atoms with van der Waals surface area (Å²) in [5.41, 5.74) is 0.979. The number of oxazole rings is 1. The first-order valence-electron chi connectivity index (χ1n) is 5.98. The van der Waals surface area contributed by atoms with Gasteiger partial charge in [-0.2, -0.15) is 0 Å². The zero-order valence-corrected chi connectivity index (χ0v) is 10.2. The molecule has 0 aromatic carbocycles. The molecule has 90 valence electrons. The minimum atomic E-state index is 0.0986. The second-order valence-electron chi connectivity index (χ2n) is 4.71. The summed E-state index contributed by atoms with van der Waals surface area (Å²) in [5, 5.41) is 3.34. The molecule has 0 aliphatic carbocycles. The monoisotopic (exact) mass is 224 g/mol. The summed E-state index contributed by atoms with van der Waals surface area (Å²) in [6.45, 7) is 7.09. The van der Waals surface area contributed by atoms with Crippen molar-refractivity contribution in [1.82, 2.24) is 10.3 Å². The van der Waals surface area contributed by atoms with Gasteiger partial charge in [0.25, 0.3) is 0 Å². The molecule has 1 N–H and O–H groups in total. The van der Waals surface area contributed by atoms with Gasteiger partial charge in [-0.15, -0.1) is 0 Å². The zero-order valence-electron chi connectivity index (χ0n) is 10.2. The summed E-state index contributed by atoms with van der Waals surface area (Å²) in [6, 6.07) is 0.452. The molecule has 0 spiro atoms. The van der Waals surface area contributed by atoms with Gasteiger partial charge in [0.1, 0.15) is 6.10 Å². The number of aromatic nitrogens is 1. The van der Waals surface area contributed by atoms with Crippen molar-refractivity contribution in [2.75, 3.05) is 0 Å². The summed E-state index contributed by atoms with van der Waals surface area (Å²) in [5.74, 6) is 0.900. The van der Waals surface area contributed by atoms with Crippen LogP contribution in [0.2, 0.25) is 0 Å². The lowest BCUT2D eigenvalue weighted by Crippen LogP contribution is -2.23. The summed E-state index contributed by atoms with van der Waals surface area (Å²) < 4.78 is 11.2. The van der Waals surface area contributed by atoms with E-state index in [1.54, 1.807) is 0 Å². The molecule has 4 heteroatoms. The van der Waals surface area contributed by atoms with Crippen molar-refractivity contribution < 1.29 is 9.15 Å². The normalized spacial score (nSPS) is 25.5. The molecule has 1 saturated heterocycles. The predicted molar refractivity (Wildman–Crippen MR) is 61.0 cm³/mol. The van der Waals surface area contributed by atoms with Gasteiger partial charge in [-0.05, 0) is 19.8 Å². The number of nitrogens with zero attached hydrogens (tertiary/aromatic N) is 1. The van der Waals surface area contributed by atoms with Crippen LogP contribution in [0.1, 0.15) is 51.2 Å². The lowest BCUT2D eigenvalue weighted by molar-refractivity contribution is 0.0416. The molecular weight excluding hydrogens is 204 g/mol. The standard InChI is InChI=1S/C12H20N2O2/c1-8(2)13-6-10-12(15-7-14-10)11-5-4-9(3)16-11/h7-9,11,13H,4-6H2,1-3H3. The average Bonchev–Trinajstić information content (AvgIpc) is 2.82. The van der Waals surface area contributed by atoms with Crippen molar-refractivity contribution in [2.24, 2.45) is 0 Å². The van der Waals surface area contributed by atoms with E-state index in [9.17, 15) is 0 Å². The van der Waals surface area contributed by atoms with Crippen LogP contribution in [0.25, 0.3) is 0 Å². The van der Waals surface area contributed by atoms with Crippen molar-refractivity contribution in [3.63, 3.8) is 0 Å². The van der Waals surface area contributed by atoms with E-state index in [4.69, 9.17) is 9.15 Å². The fourth-order valence-corrected chi connectivity index (χ4v) is 1.97. The number of hydrogen-bond donors (Lipinski definition) is 1. The van der Waals surface area contributed by atoms with Crippen molar-refractivity contribution in [1.29, 1.82) is 0 Å².